The van der Waals surface area contributed by atoms with Gasteiger partial charge in [-0.25, -0.2) is 0 Å². The molecule has 0 aliphatic carbocycles. The van der Waals surface area contributed by atoms with Crippen LogP contribution in [-0.2, 0) is 4.79 Å². The Labute approximate surface area is 385 Å². The van der Waals surface area contributed by atoms with Gasteiger partial charge < -0.3 is 25.7 Å². The van der Waals surface area contributed by atoms with Crippen molar-refractivity contribution in [3.8, 4) is 0 Å². The molecule has 0 fully saturated rings. The van der Waals surface area contributed by atoms with E-state index < -0.39 is 36.9 Å². The zero-order valence-corrected chi connectivity index (χ0v) is 41.1. The van der Waals surface area contributed by atoms with Gasteiger partial charge in [-0.15, -0.1) is 0 Å². The molecule has 4 unspecified atom stereocenters. The highest BCUT2D eigenvalue weighted by Gasteiger charge is 2.28. The summed E-state index contributed by atoms with van der Waals surface area (Å²) in [7, 11) is 0. The number of aliphatic hydroxyl groups excluding tert-OH is 4. The smallest absolute Gasteiger partial charge is 0.249 e. The summed E-state index contributed by atoms with van der Waals surface area (Å²) in [6, 6.07) is -1.01. The number of rotatable bonds is 49. The Kier molecular flexibility index (Phi) is 48.9. The van der Waals surface area contributed by atoms with Crippen molar-refractivity contribution in [3.63, 3.8) is 0 Å². The second kappa shape index (κ2) is 50.3. The van der Waals surface area contributed by atoms with Gasteiger partial charge in [0, 0.05) is 0 Å². The zero-order chi connectivity index (χ0) is 45.2. The number of allylic oxidation sites excluding steroid dienone is 8. The first-order chi connectivity index (χ1) is 30.5. The van der Waals surface area contributed by atoms with E-state index in [1.807, 2.05) is 0 Å². The molecule has 0 saturated heterocycles. The van der Waals surface area contributed by atoms with Gasteiger partial charge in [-0.05, 0) is 83.5 Å². The molecular formula is C56H105NO5. The first kappa shape index (κ1) is 60.3. The highest BCUT2D eigenvalue weighted by atomic mass is 16.3. The van der Waals surface area contributed by atoms with Gasteiger partial charge in [-0.1, -0.05) is 236 Å². The Balaban J connectivity index is 3.62. The number of nitrogens with one attached hydrogen (secondary N) is 1. The quantitative estimate of drug-likeness (QED) is 0.0309. The fourth-order valence-electron chi connectivity index (χ4n) is 8.18. The number of amides is 1. The van der Waals surface area contributed by atoms with Gasteiger partial charge in [-0.3, -0.25) is 4.79 Å². The summed E-state index contributed by atoms with van der Waals surface area (Å²) in [5.41, 5.74) is 0. The number of aliphatic hydroxyl groups is 4. The van der Waals surface area contributed by atoms with Crippen LogP contribution in [-0.4, -0.2) is 57.3 Å². The van der Waals surface area contributed by atoms with Gasteiger partial charge in [0.25, 0.3) is 0 Å². The Bertz CT molecular complexity index is 1020. The summed E-state index contributed by atoms with van der Waals surface area (Å²) in [6.45, 7) is 4.01. The minimum atomic E-state index is -1.29. The van der Waals surface area contributed by atoms with Crippen molar-refractivity contribution < 1.29 is 25.2 Å². The molecule has 0 aliphatic rings. The molecular weight excluding hydrogens is 767 g/mol. The molecule has 6 nitrogen and oxygen atoms in total. The molecule has 0 aromatic rings. The van der Waals surface area contributed by atoms with Crippen LogP contribution in [0.1, 0.15) is 271 Å². The molecule has 6 heteroatoms. The van der Waals surface area contributed by atoms with E-state index in [0.29, 0.717) is 19.3 Å². The van der Waals surface area contributed by atoms with Crippen molar-refractivity contribution >= 4 is 5.91 Å². The average Bonchev–Trinajstić information content (AvgIpc) is 3.28. The van der Waals surface area contributed by atoms with Crippen LogP contribution in [0.4, 0.5) is 0 Å². The van der Waals surface area contributed by atoms with E-state index in [-0.39, 0.29) is 0 Å². The molecule has 0 saturated carbocycles. The van der Waals surface area contributed by atoms with Crippen LogP contribution in [0, 0.1) is 0 Å². The summed E-state index contributed by atoms with van der Waals surface area (Å²) in [4.78, 5) is 12.6. The zero-order valence-electron chi connectivity index (χ0n) is 41.1. The highest BCUT2D eigenvalue weighted by molar-refractivity contribution is 5.80. The van der Waals surface area contributed by atoms with Gasteiger partial charge in [0.1, 0.15) is 12.2 Å². The molecule has 0 aromatic heterocycles. The van der Waals surface area contributed by atoms with Gasteiger partial charge >= 0.3 is 0 Å². The van der Waals surface area contributed by atoms with Crippen LogP contribution in [0.3, 0.4) is 0 Å². The summed E-state index contributed by atoms with van der Waals surface area (Å²) in [6.07, 6.45) is 63.3. The lowest BCUT2D eigenvalue weighted by molar-refractivity contribution is -0.132. The van der Waals surface area contributed by atoms with E-state index in [2.05, 4.69) is 67.8 Å². The predicted molar refractivity (Wildman–Crippen MR) is 270 cm³/mol. The SMILES string of the molecule is CCCC/C=C/CC/C=C/CC/C=C/CCCC(O)C(O)C(CO)NC(=O)C(O)CCCCCCCCCCCCCCCCC/C=C\CCCCCCCCCCCCCC. The largest absolute Gasteiger partial charge is 0.394 e. The van der Waals surface area contributed by atoms with Crippen LogP contribution in [0.2, 0.25) is 0 Å². The first-order valence-corrected chi connectivity index (χ1v) is 27.0. The average molecular weight is 872 g/mol. The molecule has 4 atom stereocenters. The van der Waals surface area contributed by atoms with Crippen LogP contribution >= 0.6 is 0 Å². The van der Waals surface area contributed by atoms with Gasteiger partial charge in [0.15, 0.2) is 0 Å². The third kappa shape index (κ3) is 43.5. The second-order valence-electron chi connectivity index (χ2n) is 18.5. The van der Waals surface area contributed by atoms with Crippen molar-refractivity contribution in [2.24, 2.45) is 0 Å². The second-order valence-corrected chi connectivity index (χ2v) is 18.5. The van der Waals surface area contributed by atoms with E-state index in [0.717, 1.165) is 51.4 Å². The summed E-state index contributed by atoms with van der Waals surface area (Å²) in [5.74, 6) is -0.598. The van der Waals surface area contributed by atoms with E-state index >= 15 is 0 Å². The van der Waals surface area contributed by atoms with Crippen LogP contribution in [0.25, 0.3) is 0 Å². The van der Waals surface area contributed by atoms with E-state index in [1.54, 1.807) is 0 Å². The van der Waals surface area contributed by atoms with Crippen LogP contribution in [0.15, 0.2) is 48.6 Å². The normalized spacial score (nSPS) is 14.2. The highest BCUT2D eigenvalue weighted by Crippen LogP contribution is 2.17. The molecule has 0 aliphatic heterocycles. The molecule has 0 rings (SSSR count). The first-order valence-electron chi connectivity index (χ1n) is 27.0. The number of hydrogen-bond donors (Lipinski definition) is 5. The van der Waals surface area contributed by atoms with Gasteiger partial charge in [-0.2, -0.15) is 0 Å². The number of carbonyl (C=O) groups excluding carboxylic acids is 1. The van der Waals surface area contributed by atoms with E-state index in [9.17, 15) is 25.2 Å². The lowest BCUT2D eigenvalue weighted by Crippen LogP contribution is -2.53. The van der Waals surface area contributed by atoms with E-state index in [1.165, 1.54) is 186 Å². The Hall–Kier alpha value is -1.73. The fraction of sp³-hybridized carbons (Fsp3) is 0.839. The standard InChI is InChI=1S/C56H105NO5/c1-3-5-7-9-11-13-15-17-19-20-21-22-23-24-25-26-27-28-29-30-31-32-33-34-36-38-40-42-44-46-48-50-54(60)56(62)57-52(51-58)55(61)53(59)49-47-45-43-41-39-37-35-18-16-14-12-10-8-6-4-2/h10,12,18,24-25,35,41,43,52-55,58-61H,3-9,11,13-17,19-23,26-34,36-40,42,44-51H2,1-2H3,(H,57,62)/b12-10+,25-24-,35-18+,43-41+. The monoisotopic (exact) mass is 872 g/mol. The minimum absolute atomic E-state index is 0.359. The summed E-state index contributed by atoms with van der Waals surface area (Å²) < 4.78 is 0. The van der Waals surface area contributed by atoms with Crippen molar-refractivity contribution in [3.05, 3.63) is 48.6 Å². The maximum absolute atomic E-state index is 12.6. The van der Waals surface area contributed by atoms with Crippen molar-refractivity contribution in [1.29, 1.82) is 0 Å². The van der Waals surface area contributed by atoms with Crippen molar-refractivity contribution in [2.45, 2.75) is 295 Å². The molecule has 0 spiro atoms. The van der Waals surface area contributed by atoms with Crippen molar-refractivity contribution in [1.82, 2.24) is 5.32 Å². The van der Waals surface area contributed by atoms with Gasteiger partial charge in [0.05, 0.1) is 18.8 Å². The number of unbranched alkanes of at least 4 members (excludes halogenated alkanes) is 32. The summed E-state index contributed by atoms with van der Waals surface area (Å²) >= 11 is 0. The lowest BCUT2D eigenvalue weighted by atomic mass is 10.00. The molecule has 5 N–H and O–H groups in total. The molecule has 0 aromatic carbocycles. The third-order valence-corrected chi connectivity index (χ3v) is 12.5. The number of carbonyl (C=O) groups is 1. The molecule has 0 bridgehead atoms. The number of hydrogen-bond acceptors (Lipinski definition) is 5. The molecule has 62 heavy (non-hydrogen) atoms. The maximum atomic E-state index is 12.6. The molecule has 0 radical (unpaired) electrons. The molecule has 364 valence electrons. The van der Waals surface area contributed by atoms with Crippen molar-refractivity contribution in [2.75, 3.05) is 6.61 Å². The maximum Gasteiger partial charge on any atom is 0.249 e. The van der Waals surface area contributed by atoms with Gasteiger partial charge in [0.2, 0.25) is 5.91 Å². The molecule has 1 amide bonds. The Morgan fingerprint density at radius 3 is 1.06 bits per heavy atom. The predicted octanol–water partition coefficient (Wildman–Crippen LogP) is 15.4. The fourth-order valence-corrected chi connectivity index (χ4v) is 8.18. The van der Waals surface area contributed by atoms with Crippen LogP contribution < -0.4 is 5.32 Å². The molecule has 0 heterocycles. The third-order valence-electron chi connectivity index (χ3n) is 12.5. The minimum Gasteiger partial charge on any atom is -0.394 e. The lowest BCUT2D eigenvalue weighted by Gasteiger charge is -2.27. The topological polar surface area (TPSA) is 110 Å². The van der Waals surface area contributed by atoms with E-state index in [4.69, 9.17) is 0 Å². The Morgan fingerprint density at radius 1 is 0.387 bits per heavy atom. The van der Waals surface area contributed by atoms with Crippen LogP contribution in [0.5, 0.6) is 0 Å². The summed E-state index contributed by atoms with van der Waals surface area (Å²) in [5, 5.41) is 43.8. The Morgan fingerprint density at radius 2 is 0.694 bits per heavy atom.